The Labute approximate surface area is 256 Å². The van der Waals surface area contributed by atoms with Crippen LogP contribution in [0.2, 0.25) is 0 Å². The summed E-state index contributed by atoms with van der Waals surface area (Å²) in [6, 6.07) is 30.8. The Morgan fingerprint density at radius 1 is 0.750 bits per heavy atom. The molecule has 1 heterocycles. The topological polar surface area (TPSA) is 113 Å². The summed E-state index contributed by atoms with van der Waals surface area (Å²) in [5.41, 5.74) is 4.72. The zero-order valence-corrected chi connectivity index (χ0v) is 24.4. The van der Waals surface area contributed by atoms with Gasteiger partial charge in [-0.25, -0.2) is 4.79 Å². The van der Waals surface area contributed by atoms with Crippen LogP contribution in [-0.4, -0.2) is 52.7 Å². The second-order valence-corrected chi connectivity index (χ2v) is 10.9. The predicted molar refractivity (Wildman–Crippen MR) is 166 cm³/mol. The SMILES string of the molecule is O=C(O)c1ccc(OCCCc2ccc(OCc3ccc(-c4ccccc4)cc3)cc2)c(C(=O)N2CCC(C(=O)O)CC2)c1. The first kappa shape index (κ1) is 30.4. The van der Waals surface area contributed by atoms with Crippen LogP contribution in [0.25, 0.3) is 11.1 Å². The van der Waals surface area contributed by atoms with E-state index in [2.05, 4.69) is 36.4 Å². The molecule has 0 spiro atoms. The first-order valence-corrected chi connectivity index (χ1v) is 14.8. The van der Waals surface area contributed by atoms with Gasteiger partial charge in [-0.15, -0.1) is 0 Å². The second kappa shape index (κ2) is 14.4. The van der Waals surface area contributed by atoms with Crippen molar-refractivity contribution in [2.75, 3.05) is 19.7 Å². The highest BCUT2D eigenvalue weighted by Crippen LogP contribution is 2.26. The molecule has 0 aromatic heterocycles. The van der Waals surface area contributed by atoms with E-state index in [4.69, 9.17) is 9.47 Å². The molecule has 0 unspecified atom stereocenters. The number of ether oxygens (including phenoxy) is 2. The molecule has 4 aromatic rings. The summed E-state index contributed by atoms with van der Waals surface area (Å²) < 4.78 is 11.9. The van der Waals surface area contributed by atoms with Crippen molar-refractivity contribution >= 4 is 17.8 Å². The minimum absolute atomic E-state index is 0.00682. The number of piperidine rings is 1. The number of carboxylic acid groups (broad SMARTS) is 2. The molecule has 2 N–H and O–H groups in total. The van der Waals surface area contributed by atoms with Gasteiger partial charge < -0.3 is 24.6 Å². The van der Waals surface area contributed by atoms with E-state index in [-0.39, 0.29) is 17.0 Å². The molecule has 44 heavy (non-hydrogen) atoms. The third-order valence-corrected chi connectivity index (χ3v) is 7.85. The van der Waals surface area contributed by atoms with E-state index >= 15 is 0 Å². The predicted octanol–water partition coefficient (Wildman–Crippen LogP) is 6.58. The molecular formula is C36H35NO7. The lowest BCUT2D eigenvalue weighted by atomic mass is 9.96. The number of carbonyl (C=O) groups excluding carboxylic acids is 1. The number of benzene rings is 4. The molecule has 1 aliphatic rings. The van der Waals surface area contributed by atoms with Crippen LogP contribution < -0.4 is 9.47 Å². The maximum absolute atomic E-state index is 13.3. The van der Waals surface area contributed by atoms with Gasteiger partial charge in [0, 0.05) is 13.1 Å². The molecule has 8 nitrogen and oxygen atoms in total. The van der Waals surface area contributed by atoms with Crippen molar-refractivity contribution < 1.29 is 34.1 Å². The Hall–Kier alpha value is -5.11. The van der Waals surface area contributed by atoms with Gasteiger partial charge in [-0.05, 0) is 78.3 Å². The second-order valence-electron chi connectivity index (χ2n) is 10.9. The zero-order valence-electron chi connectivity index (χ0n) is 24.4. The molecule has 1 saturated heterocycles. The molecule has 0 radical (unpaired) electrons. The Morgan fingerprint density at radius 2 is 1.41 bits per heavy atom. The summed E-state index contributed by atoms with van der Waals surface area (Å²) in [6.45, 7) is 1.41. The van der Waals surface area contributed by atoms with Crippen molar-refractivity contribution in [1.29, 1.82) is 0 Å². The summed E-state index contributed by atoms with van der Waals surface area (Å²) in [6.07, 6.45) is 2.16. The number of carboxylic acids is 2. The number of carbonyl (C=O) groups is 3. The summed E-state index contributed by atoms with van der Waals surface area (Å²) in [5.74, 6) is -1.72. The van der Waals surface area contributed by atoms with Gasteiger partial charge in [-0.3, -0.25) is 9.59 Å². The lowest BCUT2D eigenvalue weighted by Crippen LogP contribution is -2.40. The lowest BCUT2D eigenvalue weighted by Gasteiger charge is -2.30. The van der Waals surface area contributed by atoms with Crippen LogP contribution in [0.5, 0.6) is 11.5 Å². The van der Waals surface area contributed by atoms with Gasteiger partial charge in [0.1, 0.15) is 18.1 Å². The molecule has 1 fully saturated rings. The van der Waals surface area contributed by atoms with Crippen LogP contribution in [0, 0.1) is 5.92 Å². The van der Waals surface area contributed by atoms with Gasteiger partial charge in [0.2, 0.25) is 0 Å². The van der Waals surface area contributed by atoms with Gasteiger partial charge in [0.05, 0.1) is 23.7 Å². The molecule has 0 aliphatic carbocycles. The third-order valence-electron chi connectivity index (χ3n) is 7.85. The number of nitrogens with zero attached hydrogens (tertiary/aromatic N) is 1. The monoisotopic (exact) mass is 593 g/mol. The summed E-state index contributed by atoms with van der Waals surface area (Å²) in [7, 11) is 0. The molecule has 226 valence electrons. The van der Waals surface area contributed by atoms with Gasteiger partial charge in [-0.2, -0.15) is 0 Å². The minimum Gasteiger partial charge on any atom is -0.493 e. The fraction of sp³-hybridized carbons (Fsp3) is 0.250. The van der Waals surface area contributed by atoms with Crippen molar-refractivity contribution in [2.45, 2.75) is 32.3 Å². The summed E-state index contributed by atoms with van der Waals surface area (Å²) in [4.78, 5) is 37.7. The van der Waals surface area contributed by atoms with Crippen molar-refractivity contribution in [3.63, 3.8) is 0 Å². The number of aliphatic carboxylic acids is 1. The Morgan fingerprint density at radius 3 is 2.07 bits per heavy atom. The van der Waals surface area contributed by atoms with Crippen LogP contribution in [0.15, 0.2) is 97.1 Å². The lowest BCUT2D eigenvalue weighted by molar-refractivity contribution is -0.143. The maximum Gasteiger partial charge on any atom is 0.335 e. The fourth-order valence-corrected chi connectivity index (χ4v) is 5.26. The van der Waals surface area contributed by atoms with Gasteiger partial charge >= 0.3 is 11.9 Å². The molecular weight excluding hydrogens is 558 g/mol. The molecule has 0 atom stereocenters. The highest BCUT2D eigenvalue weighted by Gasteiger charge is 2.29. The fourth-order valence-electron chi connectivity index (χ4n) is 5.26. The molecule has 1 aliphatic heterocycles. The van der Waals surface area contributed by atoms with E-state index in [1.165, 1.54) is 29.3 Å². The smallest absolute Gasteiger partial charge is 0.335 e. The van der Waals surface area contributed by atoms with E-state index in [1.807, 2.05) is 42.5 Å². The van der Waals surface area contributed by atoms with E-state index in [1.54, 1.807) is 4.90 Å². The minimum atomic E-state index is -1.14. The van der Waals surface area contributed by atoms with Gasteiger partial charge in [0.15, 0.2) is 0 Å². The Bertz CT molecular complexity index is 1580. The number of aromatic carboxylic acids is 1. The number of hydrogen-bond donors (Lipinski definition) is 2. The van der Waals surface area contributed by atoms with E-state index < -0.39 is 17.9 Å². The first-order valence-electron chi connectivity index (χ1n) is 14.8. The largest absolute Gasteiger partial charge is 0.493 e. The van der Waals surface area contributed by atoms with E-state index in [0.29, 0.717) is 51.3 Å². The normalized spacial score (nSPS) is 13.3. The third kappa shape index (κ3) is 7.83. The Balaban J connectivity index is 1.11. The number of likely N-dealkylation sites (tertiary alicyclic amines) is 1. The number of amides is 1. The summed E-state index contributed by atoms with van der Waals surface area (Å²) in [5, 5.41) is 18.7. The van der Waals surface area contributed by atoms with Crippen LogP contribution in [0.3, 0.4) is 0 Å². The standard InChI is InChI=1S/C36H35NO7/c38-34(37-20-18-29(19-21-37)35(39)40)32-23-30(36(41)42)14-17-33(32)43-22-4-5-25-10-15-31(16-11-25)44-24-26-8-12-28(13-9-26)27-6-2-1-3-7-27/h1-3,6-17,23,29H,4-5,18-22,24H2,(H,39,40)(H,41,42). The molecule has 8 heteroatoms. The quantitative estimate of drug-likeness (QED) is 0.178. The number of aryl methyl sites for hydroxylation is 1. The number of hydrogen-bond acceptors (Lipinski definition) is 5. The molecule has 0 saturated carbocycles. The van der Waals surface area contributed by atoms with Gasteiger partial charge in [0.25, 0.3) is 5.91 Å². The van der Waals surface area contributed by atoms with Crippen molar-refractivity contribution in [1.82, 2.24) is 4.90 Å². The highest BCUT2D eigenvalue weighted by molar-refractivity contribution is 6.00. The Kier molecular flexibility index (Phi) is 9.92. The van der Waals surface area contributed by atoms with Crippen molar-refractivity contribution in [3.8, 4) is 22.6 Å². The van der Waals surface area contributed by atoms with E-state index in [9.17, 15) is 24.6 Å². The maximum atomic E-state index is 13.3. The van der Waals surface area contributed by atoms with Crippen molar-refractivity contribution in [3.05, 3.63) is 119 Å². The van der Waals surface area contributed by atoms with Crippen LogP contribution in [0.4, 0.5) is 0 Å². The van der Waals surface area contributed by atoms with Crippen LogP contribution >= 0.6 is 0 Å². The molecule has 1 amide bonds. The average Bonchev–Trinajstić information content (AvgIpc) is 3.06. The molecule has 5 rings (SSSR count). The number of rotatable bonds is 12. The van der Waals surface area contributed by atoms with Crippen molar-refractivity contribution in [2.24, 2.45) is 5.92 Å². The first-order chi connectivity index (χ1) is 21.4. The zero-order chi connectivity index (χ0) is 30.9. The average molecular weight is 594 g/mol. The van der Waals surface area contributed by atoms with E-state index in [0.717, 1.165) is 23.3 Å². The molecule has 4 aromatic carbocycles. The summed E-state index contributed by atoms with van der Waals surface area (Å²) >= 11 is 0. The van der Waals surface area contributed by atoms with Crippen LogP contribution in [-0.2, 0) is 17.8 Å². The highest BCUT2D eigenvalue weighted by atomic mass is 16.5. The van der Waals surface area contributed by atoms with Gasteiger partial charge in [-0.1, -0.05) is 66.7 Å². The molecule has 0 bridgehead atoms. The van der Waals surface area contributed by atoms with Crippen LogP contribution in [0.1, 0.15) is 51.1 Å².